The molecule has 2 unspecified atom stereocenters. The Morgan fingerprint density at radius 1 is 0.930 bits per heavy atom. The first kappa shape index (κ1) is 31.1. The summed E-state index contributed by atoms with van der Waals surface area (Å²) in [5.74, 6) is 1.78. The van der Waals surface area contributed by atoms with Crippen molar-refractivity contribution in [3.05, 3.63) is 83.9 Å². The first-order valence-electron chi connectivity index (χ1n) is 15.8. The zero-order valence-electron chi connectivity index (χ0n) is 25.6. The molecular formula is C34H47N7O2. The molecule has 230 valence electrons. The van der Waals surface area contributed by atoms with E-state index < -0.39 is 0 Å². The van der Waals surface area contributed by atoms with Gasteiger partial charge in [0.05, 0.1) is 19.0 Å². The number of benzene rings is 2. The number of nitrogens with one attached hydrogen (secondary N) is 2. The van der Waals surface area contributed by atoms with Gasteiger partial charge < -0.3 is 25.8 Å². The maximum absolute atomic E-state index is 6.31. The summed E-state index contributed by atoms with van der Waals surface area (Å²) in [7, 11) is 3.22. The van der Waals surface area contributed by atoms with Crippen LogP contribution in [0.4, 0.5) is 5.82 Å². The fraction of sp³-hybridized carbons (Fsp3) is 0.500. The van der Waals surface area contributed by atoms with Gasteiger partial charge in [-0.05, 0) is 43.9 Å². The predicted octanol–water partition coefficient (Wildman–Crippen LogP) is 5.43. The molecule has 0 amide bonds. The number of ether oxygens (including phenoxy) is 2. The number of methoxy groups -OCH3 is 1. The van der Waals surface area contributed by atoms with Gasteiger partial charge in [0, 0.05) is 38.6 Å². The van der Waals surface area contributed by atoms with Crippen LogP contribution in [-0.4, -0.2) is 65.5 Å². The van der Waals surface area contributed by atoms with E-state index in [1.807, 2.05) is 6.33 Å². The van der Waals surface area contributed by atoms with Gasteiger partial charge >= 0.3 is 0 Å². The molecule has 9 nitrogen and oxygen atoms in total. The lowest BCUT2D eigenvalue weighted by molar-refractivity contribution is -0.0300. The second kappa shape index (κ2) is 15.9. The molecule has 1 aliphatic carbocycles. The summed E-state index contributed by atoms with van der Waals surface area (Å²) in [6.45, 7) is 2.17. The third kappa shape index (κ3) is 7.97. The van der Waals surface area contributed by atoms with Gasteiger partial charge in [-0.1, -0.05) is 79.9 Å². The molecule has 2 fully saturated rings. The van der Waals surface area contributed by atoms with E-state index >= 15 is 0 Å². The van der Waals surface area contributed by atoms with Gasteiger partial charge in [0.1, 0.15) is 12.1 Å². The van der Waals surface area contributed by atoms with Crippen LogP contribution in [0.25, 0.3) is 11.2 Å². The van der Waals surface area contributed by atoms with E-state index in [2.05, 4.69) is 81.6 Å². The van der Waals surface area contributed by atoms with Crippen LogP contribution >= 0.6 is 0 Å². The summed E-state index contributed by atoms with van der Waals surface area (Å²) in [4.78, 5) is 14.9. The molecule has 6 rings (SSSR count). The second-order valence-corrected chi connectivity index (χ2v) is 11.4. The number of nitrogens with two attached hydrogens (primary N) is 1. The van der Waals surface area contributed by atoms with Gasteiger partial charge in [0.15, 0.2) is 17.0 Å². The molecule has 1 saturated carbocycles. The van der Waals surface area contributed by atoms with Crippen LogP contribution < -0.4 is 16.4 Å². The first-order chi connectivity index (χ1) is 21.3. The van der Waals surface area contributed by atoms with Crippen molar-refractivity contribution in [2.24, 2.45) is 5.73 Å². The molecule has 1 aliphatic heterocycles. The summed E-state index contributed by atoms with van der Waals surface area (Å²) in [6, 6.07) is 21.9. The smallest absolute Gasteiger partial charge is 0.167 e. The van der Waals surface area contributed by atoms with Crippen LogP contribution in [0, 0.1) is 0 Å². The number of anilines is 1. The molecule has 2 atom stereocenters. The monoisotopic (exact) mass is 585 g/mol. The summed E-state index contributed by atoms with van der Waals surface area (Å²) in [5, 5.41) is 7.44. The number of hydrogen-bond donors (Lipinski definition) is 3. The fourth-order valence-electron chi connectivity index (χ4n) is 6.30. The Bertz CT molecular complexity index is 1340. The number of rotatable bonds is 12. The van der Waals surface area contributed by atoms with E-state index in [4.69, 9.17) is 24.4 Å². The Balaban J connectivity index is 0.00000180. The summed E-state index contributed by atoms with van der Waals surface area (Å²) in [5.41, 5.74) is 8.65. The first-order valence-corrected chi connectivity index (χ1v) is 15.8. The highest BCUT2D eigenvalue weighted by molar-refractivity contribution is 5.83. The third-order valence-electron chi connectivity index (χ3n) is 8.48. The minimum absolute atomic E-state index is 0.0959. The molecular weight excluding hydrogens is 538 g/mol. The predicted molar refractivity (Wildman–Crippen MR) is 172 cm³/mol. The molecule has 3 heterocycles. The molecule has 0 bridgehead atoms. The lowest BCUT2D eigenvalue weighted by Gasteiger charge is -2.22. The van der Waals surface area contributed by atoms with Crippen LogP contribution in [0.3, 0.4) is 0 Å². The highest BCUT2D eigenvalue weighted by atomic mass is 16.5. The van der Waals surface area contributed by atoms with Crippen molar-refractivity contribution < 1.29 is 9.47 Å². The van der Waals surface area contributed by atoms with Crippen LogP contribution in [0.5, 0.6) is 0 Å². The lowest BCUT2D eigenvalue weighted by atomic mass is 9.91. The molecule has 9 heteroatoms. The van der Waals surface area contributed by atoms with Crippen LogP contribution in [0.2, 0.25) is 0 Å². The van der Waals surface area contributed by atoms with Gasteiger partial charge in [-0.25, -0.2) is 15.0 Å². The van der Waals surface area contributed by atoms with E-state index in [1.165, 1.54) is 50.3 Å². The Morgan fingerprint density at radius 2 is 1.63 bits per heavy atom. The largest absolute Gasteiger partial charge is 0.382 e. The average molecular weight is 586 g/mol. The fourth-order valence-corrected chi connectivity index (χ4v) is 6.30. The summed E-state index contributed by atoms with van der Waals surface area (Å²) < 4.78 is 13.7. The van der Waals surface area contributed by atoms with Crippen molar-refractivity contribution in [3.8, 4) is 0 Å². The van der Waals surface area contributed by atoms with Crippen LogP contribution in [-0.2, 0) is 15.9 Å². The number of hydrogen-bond acceptors (Lipinski definition) is 8. The molecule has 4 N–H and O–H groups in total. The average Bonchev–Trinajstić information content (AvgIpc) is 3.71. The third-order valence-corrected chi connectivity index (χ3v) is 8.48. The van der Waals surface area contributed by atoms with E-state index in [0.29, 0.717) is 19.2 Å². The van der Waals surface area contributed by atoms with Crippen molar-refractivity contribution in [2.75, 3.05) is 39.2 Å². The Morgan fingerprint density at radius 3 is 2.30 bits per heavy atom. The maximum Gasteiger partial charge on any atom is 0.167 e. The minimum Gasteiger partial charge on any atom is -0.382 e. The van der Waals surface area contributed by atoms with Gasteiger partial charge in [0.25, 0.3) is 0 Å². The zero-order valence-corrected chi connectivity index (χ0v) is 25.6. The highest BCUT2D eigenvalue weighted by Crippen LogP contribution is 2.32. The van der Waals surface area contributed by atoms with Crippen molar-refractivity contribution in [2.45, 2.75) is 75.7 Å². The maximum atomic E-state index is 6.31. The van der Waals surface area contributed by atoms with Gasteiger partial charge in [-0.2, -0.15) is 0 Å². The minimum atomic E-state index is -0.0995. The summed E-state index contributed by atoms with van der Waals surface area (Å²) in [6.07, 6.45) is 11.0. The Kier molecular flexibility index (Phi) is 11.5. The molecule has 2 aliphatic rings. The molecule has 2 aromatic heterocycles. The topological polar surface area (TPSA) is 112 Å². The van der Waals surface area contributed by atoms with Gasteiger partial charge in [0.2, 0.25) is 0 Å². The number of fused-ring (bicyclic) bond motifs is 1. The quantitative estimate of drug-likeness (QED) is 0.202. The van der Waals surface area contributed by atoms with Crippen molar-refractivity contribution in [1.29, 1.82) is 0 Å². The number of nitrogens with zero attached hydrogens (tertiary/aromatic N) is 4. The van der Waals surface area contributed by atoms with Crippen molar-refractivity contribution in [3.63, 3.8) is 0 Å². The van der Waals surface area contributed by atoms with Gasteiger partial charge in [-0.15, -0.1) is 0 Å². The second-order valence-electron chi connectivity index (χ2n) is 11.4. The molecule has 0 spiro atoms. The van der Waals surface area contributed by atoms with Crippen LogP contribution in [0.15, 0.2) is 67.0 Å². The van der Waals surface area contributed by atoms with Gasteiger partial charge in [-0.3, -0.25) is 4.57 Å². The van der Waals surface area contributed by atoms with Crippen LogP contribution in [0.1, 0.15) is 74.0 Å². The molecule has 4 aromatic rings. The Hall–Kier alpha value is -3.37. The van der Waals surface area contributed by atoms with E-state index in [1.54, 1.807) is 7.11 Å². The normalized spacial score (nSPS) is 19.0. The highest BCUT2D eigenvalue weighted by Gasteiger charge is 2.29. The van der Waals surface area contributed by atoms with E-state index in [0.717, 1.165) is 48.6 Å². The zero-order chi connectivity index (χ0) is 29.9. The molecule has 2 aromatic carbocycles. The van der Waals surface area contributed by atoms with E-state index in [9.17, 15) is 0 Å². The SMILES string of the molecule is CN.COCC1CCC(n2cnc3c(NCC(c4ccccc4)c4ccccc4)nc(CCNC4CCCCC4)nc32)O1. The Labute approximate surface area is 255 Å². The standard InChI is InChI=1S/C33H42N6O2.CH5N/c1-40-22-27-17-18-30(41-27)39-23-36-31-32(37-29(38-33(31)39)19-20-34-26-15-9-4-10-16-26)35-21-28(24-11-5-2-6-12-24)25-13-7-3-8-14-25;1-2/h2-3,5-8,11-14,23,26-28,30,34H,4,9-10,15-22H2,1H3,(H,35,37,38);2H2,1H3. The summed E-state index contributed by atoms with van der Waals surface area (Å²) >= 11 is 0. The van der Waals surface area contributed by atoms with Crippen molar-refractivity contribution in [1.82, 2.24) is 24.8 Å². The molecule has 43 heavy (non-hydrogen) atoms. The van der Waals surface area contributed by atoms with Crippen molar-refractivity contribution >= 4 is 17.0 Å². The number of aromatic nitrogens is 4. The molecule has 1 saturated heterocycles. The number of imidazole rings is 1. The molecule has 0 radical (unpaired) electrons. The van der Waals surface area contributed by atoms with E-state index in [-0.39, 0.29) is 18.2 Å². The lowest BCUT2D eigenvalue weighted by Crippen LogP contribution is -2.32.